The van der Waals surface area contributed by atoms with Crippen LogP contribution in [-0.2, 0) is 11.2 Å². The lowest BCUT2D eigenvalue weighted by Gasteiger charge is -2.25. The van der Waals surface area contributed by atoms with Gasteiger partial charge in [0.2, 0.25) is 0 Å². The van der Waals surface area contributed by atoms with Gasteiger partial charge in [-0.1, -0.05) is 12.1 Å². The van der Waals surface area contributed by atoms with Crippen LogP contribution in [0.2, 0.25) is 0 Å². The van der Waals surface area contributed by atoms with Crippen LogP contribution in [0.3, 0.4) is 0 Å². The Labute approximate surface area is 116 Å². The summed E-state index contributed by atoms with van der Waals surface area (Å²) in [7, 11) is 0. The molecular formula is C14H16ClNOS. The number of aromatic nitrogens is 1. The minimum Gasteiger partial charge on any atom is -0.381 e. The maximum atomic E-state index is 6.53. The van der Waals surface area contributed by atoms with Gasteiger partial charge in [0, 0.05) is 25.0 Å². The van der Waals surface area contributed by atoms with E-state index in [4.69, 9.17) is 16.3 Å². The zero-order valence-electron chi connectivity index (χ0n) is 10.1. The standard InChI is InChI=1S/C14H16ClNOS/c15-11(10-5-7-17-8-6-10)9-14-16-12-3-1-2-4-13(12)18-14/h1-4,10-11H,5-9H2. The van der Waals surface area contributed by atoms with E-state index in [1.165, 1.54) is 4.70 Å². The van der Waals surface area contributed by atoms with Crippen LogP contribution in [0.1, 0.15) is 17.8 Å². The Hall–Kier alpha value is -0.640. The third-order valence-corrected chi connectivity index (χ3v) is 5.05. The maximum Gasteiger partial charge on any atom is 0.0953 e. The molecule has 0 aliphatic carbocycles. The summed E-state index contributed by atoms with van der Waals surface area (Å²) < 4.78 is 6.63. The Morgan fingerprint density at radius 1 is 1.33 bits per heavy atom. The number of benzene rings is 1. The quantitative estimate of drug-likeness (QED) is 0.797. The van der Waals surface area contributed by atoms with Gasteiger partial charge in [0.15, 0.2) is 0 Å². The molecule has 96 valence electrons. The normalized spacial score (nSPS) is 19.2. The molecule has 18 heavy (non-hydrogen) atoms. The van der Waals surface area contributed by atoms with Crippen molar-refractivity contribution in [3.8, 4) is 0 Å². The maximum absolute atomic E-state index is 6.53. The van der Waals surface area contributed by atoms with Crippen molar-refractivity contribution in [2.45, 2.75) is 24.6 Å². The summed E-state index contributed by atoms with van der Waals surface area (Å²) in [6, 6.07) is 8.27. The Bertz CT molecular complexity index is 488. The predicted molar refractivity (Wildman–Crippen MR) is 76.5 cm³/mol. The van der Waals surface area contributed by atoms with Gasteiger partial charge in [0.05, 0.1) is 15.2 Å². The number of hydrogen-bond acceptors (Lipinski definition) is 3. The van der Waals surface area contributed by atoms with E-state index in [0.29, 0.717) is 5.92 Å². The monoisotopic (exact) mass is 281 g/mol. The second-order valence-electron chi connectivity index (χ2n) is 4.75. The molecule has 0 saturated carbocycles. The molecule has 1 unspecified atom stereocenters. The number of fused-ring (bicyclic) bond motifs is 1. The van der Waals surface area contributed by atoms with Crippen LogP contribution in [0.15, 0.2) is 24.3 Å². The summed E-state index contributed by atoms with van der Waals surface area (Å²) in [5.41, 5.74) is 1.09. The number of para-hydroxylation sites is 1. The third-order valence-electron chi connectivity index (χ3n) is 3.49. The lowest BCUT2D eigenvalue weighted by Crippen LogP contribution is -2.25. The first kappa shape index (κ1) is 12.4. The lowest BCUT2D eigenvalue weighted by molar-refractivity contribution is 0.0651. The van der Waals surface area contributed by atoms with Crippen LogP contribution < -0.4 is 0 Å². The van der Waals surface area contributed by atoms with E-state index in [2.05, 4.69) is 23.2 Å². The minimum absolute atomic E-state index is 0.189. The molecule has 0 radical (unpaired) electrons. The second-order valence-corrected chi connectivity index (χ2v) is 6.42. The number of hydrogen-bond donors (Lipinski definition) is 0. The molecule has 1 atom stereocenters. The highest BCUT2D eigenvalue weighted by atomic mass is 35.5. The van der Waals surface area contributed by atoms with Crippen LogP contribution in [0, 0.1) is 5.92 Å². The first-order chi connectivity index (χ1) is 8.83. The van der Waals surface area contributed by atoms with Gasteiger partial charge in [-0.3, -0.25) is 0 Å². The third kappa shape index (κ3) is 2.68. The minimum atomic E-state index is 0.189. The van der Waals surface area contributed by atoms with Gasteiger partial charge in [-0.2, -0.15) is 0 Å². The van der Waals surface area contributed by atoms with Crippen molar-refractivity contribution in [2.24, 2.45) is 5.92 Å². The number of halogens is 1. The van der Waals surface area contributed by atoms with Crippen molar-refractivity contribution < 1.29 is 4.74 Å². The highest BCUT2D eigenvalue weighted by molar-refractivity contribution is 7.18. The molecule has 0 bridgehead atoms. The number of thiazole rings is 1. The fraction of sp³-hybridized carbons (Fsp3) is 0.500. The van der Waals surface area contributed by atoms with Gasteiger partial charge in [-0.05, 0) is 30.9 Å². The molecule has 1 aliphatic heterocycles. The van der Waals surface area contributed by atoms with Crippen molar-refractivity contribution in [1.29, 1.82) is 0 Å². The number of nitrogens with zero attached hydrogens (tertiary/aromatic N) is 1. The number of rotatable bonds is 3. The first-order valence-electron chi connectivity index (χ1n) is 6.39. The van der Waals surface area contributed by atoms with Crippen molar-refractivity contribution >= 4 is 33.2 Å². The Kier molecular flexibility index (Phi) is 3.83. The summed E-state index contributed by atoms with van der Waals surface area (Å²) in [6.45, 7) is 1.71. The van der Waals surface area contributed by atoms with Crippen molar-refractivity contribution in [2.75, 3.05) is 13.2 Å². The summed E-state index contributed by atoms with van der Waals surface area (Å²) in [6.07, 6.45) is 3.05. The summed E-state index contributed by atoms with van der Waals surface area (Å²) in [5.74, 6) is 0.576. The molecule has 2 aromatic rings. The first-order valence-corrected chi connectivity index (χ1v) is 7.64. The van der Waals surface area contributed by atoms with Gasteiger partial charge >= 0.3 is 0 Å². The Morgan fingerprint density at radius 2 is 2.11 bits per heavy atom. The molecule has 4 heteroatoms. The molecule has 3 rings (SSSR count). The van der Waals surface area contributed by atoms with Gasteiger partial charge in [-0.15, -0.1) is 22.9 Å². The lowest BCUT2D eigenvalue weighted by atomic mass is 9.94. The fourth-order valence-electron chi connectivity index (χ4n) is 2.42. The SMILES string of the molecule is ClC(Cc1nc2ccccc2s1)C1CCOCC1. The van der Waals surface area contributed by atoms with E-state index in [-0.39, 0.29) is 5.38 Å². The summed E-state index contributed by atoms with van der Waals surface area (Å²) in [4.78, 5) is 4.65. The molecular weight excluding hydrogens is 266 g/mol. The van der Waals surface area contributed by atoms with Gasteiger partial charge in [0.1, 0.15) is 0 Å². The zero-order valence-corrected chi connectivity index (χ0v) is 11.7. The van der Waals surface area contributed by atoms with Crippen LogP contribution >= 0.6 is 22.9 Å². The van der Waals surface area contributed by atoms with Gasteiger partial charge < -0.3 is 4.74 Å². The van der Waals surface area contributed by atoms with E-state index in [1.807, 2.05) is 6.07 Å². The average Bonchev–Trinajstić information content (AvgIpc) is 2.82. The van der Waals surface area contributed by atoms with Crippen LogP contribution in [-0.4, -0.2) is 23.6 Å². The van der Waals surface area contributed by atoms with E-state index < -0.39 is 0 Å². The molecule has 0 spiro atoms. The van der Waals surface area contributed by atoms with Gasteiger partial charge in [0.25, 0.3) is 0 Å². The van der Waals surface area contributed by atoms with Crippen LogP contribution in [0.25, 0.3) is 10.2 Å². The van der Waals surface area contributed by atoms with Crippen molar-refractivity contribution in [3.05, 3.63) is 29.3 Å². The summed E-state index contributed by atoms with van der Waals surface area (Å²) >= 11 is 8.30. The van der Waals surface area contributed by atoms with Crippen LogP contribution in [0.4, 0.5) is 0 Å². The summed E-state index contributed by atoms with van der Waals surface area (Å²) in [5, 5.41) is 1.34. The second kappa shape index (κ2) is 5.55. The Balaban J connectivity index is 1.71. The van der Waals surface area contributed by atoms with Crippen molar-refractivity contribution in [3.63, 3.8) is 0 Å². The van der Waals surface area contributed by atoms with Gasteiger partial charge in [-0.25, -0.2) is 4.98 Å². The van der Waals surface area contributed by atoms with E-state index in [0.717, 1.165) is 43.0 Å². The smallest absolute Gasteiger partial charge is 0.0953 e. The largest absolute Gasteiger partial charge is 0.381 e. The molecule has 1 aromatic carbocycles. The molecule has 1 aliphatic rings. The van der Waals surface area contributed by atoms with Crippen molar-refractivity contribution in [1.82, 2.24) is 4.98 Å². The number of alkyl halides is 1. The highest BCUT2D eigenvalue weighted by Gasteiger charge is 2.23. The zero-order chi connectivity index (χ0) is 12.4. The number of ether oxygens (including phenoxy) is 1. The average molecular weight is 282 g/mol. The molecule has 0 N–H and O–H groups in total. The van der Waals surface area contributed by atoms with E-state index in [1.54, 1.807) is 11.3 Å². The molecule has 2 nitrogen and oxygen atoms in total. The fourth-order valence-corrected chi connectivity index (χ4v) is 3.93. The molecule has 1 fully saturated rings. The molecule has 0 amide bonds. The topological polar surface area (TPSA) is 22.1 Å². The Morgan fingerprint density at radius 3 is 2.89 bits per heavy atom. The molecule has 2 heterocycles. The highest BCUT2D eigenvalue weighted by Crippen LogP contribution is 2.29. The van der Waals surface area contributed by atoms with E-state index >= 15 is 0 Å². The van der Waals surface area contributed by atoms with Crippen LogP contribution in [0.5, 0.6) is 0 Å². The molecule has 1 aromatic heterocycles. The molecule has 1 saturated heterocycles. The van der Waals surface area contributed by atoms with E-state index in [9.17, 15) is 0 Å². The predicted octanol–water partition coefficient (Wildman–Crippen LogP) is 3.87.